The second-order valence-electron chi connectivity index (χ2n) is 5.30. The Morgan fingerprint density at radius 3 is 2.96 bits per heavy atom. The lowest BCUT2D eigenvalue weighted by Crippen LogP contribution is -2.34. The van der Waals surface area contributed by atoms with Gasteiger partial charge in [-0.2, -0.15) is 0 Å². The fourth-order valence-corrected chi connectivity index (χ4v) is 2.88. The van der Waals surface area contributed by atoms with Crippen LogP contribution < -0.4 is 10.1 Å². The van der Waals surface area contributed by atoms with Crippen molar-refractivity contribution in [2.45, 2.75) is 18.9 Å². The molecule has 6 nitrogen and oxygen atoms in total. The van der Waals surface area contributed by atoms with Crippen LogP contribution >= 0.6 is 11.6 Å². The fraction of sp³-hybridized carbons (Fsp3) is 0.312. The maximum Gasteiger partial charge on any atom is 0.322 e. The molecule has 1 fully saturated rings. The Balaban J connectivity index is 1.73. The number of ether oxygens (including phenoxy) is 1. The highest BCUT2D eigenvalue weighted by molar-refractivity contribution is 6.30. The van der Waals surface area contributed by atoms with E-state index >= 15 is 0 Å². The van der Waals surface area contributed by atoms with Crippen LogP contribution in [0.25, 0.3) is 0 Å². The lowest BCUT2D eigenvalue weighted by molar-refractivity contribution is 0.206. The molecule has 2 aromatic heterocycles. The van der Waals surface area contributed by atoms with Crippen molar-refractivity contribution in [2.75, 3.05) is 19.0 Å². The number of amides is 2. The van der Waals surface area contributed by atoms with Gasteiger partial charge in [0.05, 0.1) is 41.9 Å². The van der Waals surface area contributed by atoms with E-state index in [1.54, 1.807) is 30.5 Å². The summed E-state index contributed by atoms with van der Waals surface area (Å²) in [5.41, 5.74) is 1.44. The molecule has 1 aliphatic heterocycles. The number of pyridine rings is 2. The molecule has 120 valence electrons. The zero-order chi connectivity index (χ0) is 16.2. The van der Waals surface area contributed by atoms with Crippen LogP contribution in [0.4, 0.5) is 10.5 Å². The van der Waals surface area contributed by atoms with Crippen molar-refractivity contribution in [3.05, 3.63) is 47.5 Å². The standard InChI is InChI=1S/C16H17ClN4O2/c1-23-13-4-5-14(19-10-13)15-3-2-6-21(15)16(22)20-12-7-11(17)8-18-9-12/h4-5,7-10,15H,2-3,6H2,1H3,(H,20,22). The molecule has 2 aromatic rings. The SMILES string of the molecule is COc1ccc(C2CCCN2C(=O)Nc2cncc(Cl)c2)nc1. The van der Waals surface area contributed by atoms with Crippen molar-refractivity contribution in [1.29, 1.82) is 0 Å². The molecule has 1 N–H and O–H groups in total. The number of hydrogen-bond acceptors (Lipinski definition) is 4. The Bertz CT molecular complexity index is 693. The molecule has 2 amide bonds. The zero-order valence-electron chi connectivity index (χ0n) is 12.7. The van der Waals surface area contributed by atoms with Crippen molar-refractivity contribution < 1.29 is 9.53 Å². The van der Waals surface area contributed by atoms with Gasteiger partial charge in [0.1, 0.15) is 5.75 Å². The number of carbonyl (C=O) groups excluding carboxylic acids is 1. The third-order valence-corrected chi connectivity index (χ3v) is 4.01. The van der Waals surface area contributed by atoms with E-state index in [0.717, 1.165) is 18.5 Å². The minimum atomic E-state index is -0.172. The number of carbonyl (C=O) groups is 1. The number of urea groups is 1. The van der Waals surface area contributed by atoms with Gasteiger partial charge in [0.15, 0.2) is 0 Å². The highest BCUT2D eigenvalue weighted by Crippen LogP contribution is 2.31. The summed E-state index contributed by atoms with van der Waals surface area (Å²) in [4.78, 5) is 22.7. The number of likely N-dealkylation sites (tertiary alicyclic amines) is 1. The lowest BCUT2D eigenvalue weighted by Gasteiger charge is -2.24. The number of halogens is 1. The average Bonchev–Trinajstić information content (AvgIpc) is 3.05. The monoisotopic (exact) mass is 332 g/mol. The first-order chi connectivity index (χ1) is 11.2. The first-order valence-corrected chi connectivity index (χ1v) is 7.73. The predicted molar refractivity (Wildman–Crippen MR) is 87.7 cm³/mol. The summed E-state index contributed by atoms with van der Waals surface area (Å²) in [6, 6.07) is 5.22. The van der Waals surface area contributed by atoms with Gasteiger partial charge in [-0.3, -0.25) is 9.97 Å². The highest BCUT2D eigenvalue weighted by Gasteiger charge is 2.31. The van der Waals surface area contributed by atoms with Crippen molar-refractivity contribution in [2.24, 2.45) is 0 Å². The van der Waals surface area contributed by atoms with Gasteiger partial charge in [-0.25, -0.2) is 4.79 Å². The minimum absolute atomic E-state index is 0.0342. The van der Waals surface area contributed by atoms with Crippen molar-refractivity contribution in [1.82, 2.24) is 14.9 Å². The molecule has 1 saturated heterocycles. The van der Waals surface area contributed by atoms with E-state index in [1.165, 1.54) is 6.20 Å². The number of hydrogen-bond donors (Lipinski definition) is 1. The predicted octanol–water partition coefficient (Wildman–Crippen LogP) is 3.51. The topological polar surface area (TPSA) is 67.3 Å². The Labute approximate surface area is 139 Å². The molecular formula is C16H17ClN4O2. The van der Waals surface area contributed by atoms with Gasteiger partial charge in [0.2, 0.25) is 0 Å². The number of nitrogens with one attached hydrogen (secondary N) is 1. The maximum atomic E-state index is 12.5. The van der Waals surface area contributed by atoms with E-state index in [1.807, 2.05) is 12.1 Å². The first kappa shape index (κ1) is 15.6. The van der Waals surface area contributed by atoms with Crippen LogP contribution in [0.1, 0.15) is 24.6 Å². The van der Waals surface area contributed by atoms with Gasteiger partial charge in [0.25, 0.3) is 0 Å². The van der Waals surface area contributed by atoms with E-state index in [2.05, 4.69) is 15.3 Å². The van der Waals surface area contributed by atoms with Crippen LogP contribution in [-0.4, -0.2) is 34.6 Å². The number of rotatable bonds is 3. The minimum Gasteiger partial charge on any atom is -0.495 e. The van der Waals surface area contributed by atoms with E-state index in [0.29, 0.717) is 23.0 Å². The Hall–Kier alpha value is -2.34. The Kier molecular flexibility index (Phi) is 4.62. The molecule has 0 aliphatic carbocycles. The highest BCUT2D eigenvalue weighted by atomic mass is 35.5. The van der Waals surface area contributed by atoms with E-state index in [9.17, 15) is 4.79 Å². The molecular weight excluding hydrogens is 316 g/mol. The Morgan fingerprint density at radius 2 is 2.26 bits per heavy atom. The number of anilines is 1. The number of aromatic nitrogens is 2. The van der Waals surface area contributed by atoms with E-state index in [-0.39, 0.29) is 12.1 Å². The van der Waals surface area contributed by atoms with Crippen molar-refractivity contribution in [3.63, 3.8) is 0 Å². The summed E-state index contributed by atoms with van der Waals surface area (Å²) in [5.74, 6) is 0.702. The normalized spacial score (nSPS) is 17.1. The fourth-order valence-electron chi connectivity index (χ4n) is 2.70. The molecule has 3 rings (SSSR count). The van der Waals surface area contributed by atoms with Gasteiger partial charge < -0.3 is 15.0 Å². The first-order valence-electron chi connectivity index (χ1n) is 7.35. The zero-order valence-corrected chi connectivity index (χ0v) is 13.5. The second kappa shape index (κ2) is 6.83. The van der Waals surface area contributed by atoms with Crippen LogP contribution in [0, 0.1) is 0 Å². The number of nitrogens with zero attached hydrogens (tertiary/aromatic N) is 3. The molecule has 7 heteroatoms. The third kappa shape index (κ3) is 3.53. The molecule has 23 heavy (non-hydrogen) atoms. The smallest absolute Gasteiger partial charge is 0.322 e. The summed E-state index contributed by atoms with van der Waals surface area (Å²) >= 11 is 5.89. The quantitative estimate of drug-likeness (QED) is 0.934. The molecule has 0 radical (unpaired) electrons. The number of methoxy groups -OCH3 is 1. The van der Waals surface area contributed by atoms with Gasteiger partial charge in [0, 0.05) is 12.7 Å². The van der Waals surface area contributed by atoms with Gasteiger partial charge in [-0.05, 0) is 31.0 Å². The summed E-state index contributed by atoms with van der Waals surface area (Å²) in [7, 11) is 1.60. The van der Waals surface area contributed by atoms with Gasteiger partial charge >= 0.3 is 6.03 Å². The summed E-state index contributed by atoms with van der Waals surface area (Å²) in [6.45, 7) is 0.693. The van der Waals surface area contributed by atoms with E-state index < -0.39 is 0 Å². The maximum absolute atomic E-state index is 12.5. The van der Waals surface area contributed by atoms with Crippen molar-refractivity contribution >= 4 is 23.3 Å². The van der Waals surface area contributed by atoms with Gasteiger partial charge in [-0.15, -0.1) is 0 Å². The molecule has 0 spiro atoms. The molecule has 1 aliphatic rings. The van der Waals surface area contributed by atoms with E-state index in [4.69, 9.17) is 16.3 Å². The van der Waals surface area contributed by atoms with Crippen LogP contribution in [0.3, 0.4) is 0 Å². The molecule has 0 saturated carbocycles. The van der Waals surface area contributed by atoms with Crippen molar-refractivity contribution in [3.8, 4) is 5.75 Å². The molecule has 1 unspecified atom stereocenters. The molecule has 0 aromatic carbocycles. The van der Waals surface area contributed by atoms with Crippen LogP contribution in [0.2, 0.25) is 5.02 Å². The lowest BCUT2D eigenvalue weighted by atomic mass is 10.1. The summed E-state index contributed by atoms with van der Waals surface area (Å²) < 4.78 is 5.12. The molecule has 0 bridgehead atoms. The van der Waals surface area contributed by atoms with Gasteiger partial charge in [-0.1, -0.05) is 11.6 Å². The van der Waals surface area contributed by atoms with Crippen LogP contribution in [-0.2, 0) is 0 Å². The average molecular weight is 333 g/mol. The Morgan fingerprint density at radius 1 is 1.39 bits per heavy atom. The second-order valence-corrected chi connectivity index (χ2v) is 5.73. The molecule has 3 heterocycles. The molecule has 1 atom stereocenters. The summed E-state index contributed by atoms with van der Waals surface area (Å²) in [6.07, 6.45) is 6.60. The van der Waals surface area contributed by atoms with Crippen LogP contribution in [0.15, 0.2) is 36.8 Å². The summed E-state index contributed by atoms with van der Waals surface area (Å²) in [5, 5.41) is 3.32. The largest absolute Gasteiger partial charge is 0.495 e. The van der Waals surface area contributed by atoms with Crippen LogP contribution in [0.5, 0.6) is 5.75 Å². The third-order valence-electron chi connectivity index (χ3n) is 3.81.